The van der Waals surface area contributed by atoms with E-state index >= 15 is 0 Å². The highest BCUT2D eigenvalue weighted by Crippen LogP contribution is 2.71. The third-order valence-electron chi connectivity index (χ3n) is 5.79. The molecule has 0 radical (unpaired) electrons. The van der Waals surface area contributed by atoms with E-state index in [4.69, 9.17) is 4.74 Å². The standard InChI is InChI=1S/C18H21NO3/c1-2-11(6-5-10-4-3-7-19-9-10)22-18(21)16-13-8-12-14(16)15(12)17(13)20/h3-4,7,9,11-16H,2,5-6,8H2,1H3. The number of carbonyl (C=O) groups is 2. The third-order valence-corrected chi connectivity index (χ3v) is 5.79. The highest BCUT2D eigenvalue weighted by molar-refractivity contribution is 5.98. The van der Waals surface area contributed by atoms with Crippen LogP contribution in [-0.2, 0) is 20.7 Å². The van der Waals surface area contributed by atoms with Crippen LogP contribution in [0.2, 0.25) is 0 Å². The number of carbonyl (C=O) groups excluding carboxylic acids is 2. The van der Waals surface area contributed by atoms with E-state index in [2.05, 4.69) is 4.98 Å². The molecule has 4 bridgehead atoms. The second-order valence-electron chi connectivity index (χ2n) is 6.90. The van der Waals surface area contributed by atoms with Gasteiger partial charge >= 0.3 is 5.97 Å². The Morgan fingerprint density at radius 1 is 1.50 bits per heavy atom. The van der Waals surface area contributed by atoms with E-state index in [1.807, 2.05) is 25.3 Å². The van der Waals surface area contributed by atoms with Gasteiger partial charge in [0, 0.05) is 24.2 Å². The van der Waals surface area contributed by atoms with Crippen molar-refractivity contribution in [3.63, 3.8) is 0 Å². The van der Waals surface area contributed by atoms with Crippen LogP contribution < -0.4 is 0 Å². The molecule has 0 saturated heterocycles. The minimum Gasteiger partial charge on any atom is -0.462 e. The number of rotatable bonds is 6. The Labute approximate surface area is 130 Å². The summed E-state index contributed by atoms with van der Waals surface area (Å²) in [6, 6.07) is 3.97. The minimum atomic E-state index is -0.130. The zero-order valence-electron chi connectivity index (χ0n) is 12.8. The van der Waals surface area contributed by atoms with E-state index in [1.165, 1.54) is 0 Å². The fourth-order valence-electron chi connectivity index (χ4n) is 4.63. The van der Waals surface area contributed by atoms with E-state index in [1.54, 1.807) is 6.20 Å². The molecule has 4 heteroatoms. The molecule has 1 aromatic rings. The zero-order chi connectivity index (χ0) is 15.3. The van der Waals surface area contributed by atoms with Crippen molar-refractivity contribution in [3.05, 3.63) is 30.1 Å². The lowest BCUT2D eigenvalue weighted by atomic mass is 9.97. The van der Waals surface area contributed by atoms with Crippen LogP contribution in [0.15, 0.2) is 24.5 Å². The monoisotopic (exact) mass is 299 g/mol. The fraction of sp³-hybridized carbons (Fsp3) is 0.611. The maximum Gasteiger partial charge on any atom is 0.310 e. The molecule has 0 N–H and O–H groups in total. The van der Waals surface area contributed by atoms with Gasteiger partial charge in [0.2, 0.25) is 0 Å². The summed E-state index contributed by atoms with van der Waals surface area (Å²) in [4.78, 5) is 28.5. The molecule has 1 aromatic heterocycles. The second kappa shape index (κ2) is 5.18. The number of pyridine rings is 1. The lowest BCUT2D eigenvalue weighted by molar-refractivity contribution is -0.156. The Kier molecular flexibility index (Phi) is 3.28. The third kappa shape index (κ3) is 2.08. The molecule has 0 amide bonds. The second-order valence-corrected chi connectivity index (χ2v) is 6.90. The first-order chi connectivity index (χ1) is 10.7. The Balaban J connectivity index is 1.33. The van der Waals surface area contributed by atoms with Crippen molar-refractivity contribution >= 4 is 11.8 Å². The summed E-state index contributed by atoms with van der Waals surface area (Å²) in [5, 5.41) is 0. The van der Waals surface area contributed by atoms with E-state index in [0.717, 1.165) is 31.2 Å². The van der Waals surface area contributed by atoms with Crippen molar-refractivity contribution < 1.29 is 14.3 Å². The average Bonchev–Trinajstić information content (AvgIpc) is 2.81. The summed E-state index contributed by atoms with van der Waals surface area (Å²) >= 11 is 0. The van der Waals surface area contributed by atoms with Gasteiger partial charge in [0.1, 0.15) is 11.9 Å². The molecular formula is C18H21NO3. The van der Waals surface area contributed by atoms with E-state index in [9.17, 15) is 9.59 Å². The number of hydrogen-bond donors (Lipinski definition) is 0. The van der Waals surface area contributed by atoms with Crippen molar-refractivity contribution in [2.24, 2.45) is 29.6 Å². The molecule has 4 aliphatic rings. The van der Waals surface area contributed by atoms with Crippen LogP contribution in [0.25, 0.3) is 0 Å². The smallest absolute Gasteiger partial charge is 0.310 e. The van der Waals surface area contributed by atoms with Crippen LogP contribution in [-0.4, -0.2) is 22.8 Å². The maximum absolute atomic E-state index is 12.5. The van der Waals surface area contributed by atoms with E-state index in [-0.39, 0.29) is 29.8 Å². The van der Waals surface area contributed by atoms with Crippen molar-refractivity contribution in [1.29, 1.82) is 0 Å². The number of Topliss-reactive ketones (excluding diaryl/α,β-unsaturated/α-hetero) is 1. The lowest BCUT2D eigenvalue weighted by Crippen LogP contribution is -2.28. The zero-order valence-corrected chi connectivity index (χ0v) is 12.8. The summed E-state index contributed by atoms with van der Waals surface area (Å²) in [5.41, 5.74) is 1.16. The van der Waals surface area contributed by atoms with Crippen LogP contribution in [0.3, 0.4) is 0 Å². The predicted molar refractivity (Wildman–Crippen MR) is 79.8 cm³/mol. The molecule has 4 saturated carbocycles. The summed E-state index contributed by atoms with van der Waals surface area (Å²) in [7, 11) is 0. The Bertz CT molecular complexity index is 600. The first-order valence-electron chi connectivity index (χ1n) is 8.33. The Hall–Kier alpha value is -1.71. The summed E-state index contributed by atoms with van der Waals surface area (Å²) < 4.78 is 5.74. The van der Waals surface area contributed by atoms with Crippen molar-refractivity contribution in [2.75, 3.05) is 0 Å². The van der Waals surface area contributed by atoms with Gasteiger partial charge in [0.25, 0.3) is 0 Å². The van der Waals surface area contributed by atoms with Gasteiger partial charge < -0.3 is 4.74 Å². The number of hydrogen-bond acceptors (Lipinski definition) is 4. The molecule has 116 valence electrons. The Morgan fingerprint density at radius 3 is 2.91 bits per heavy atom. The maximum atomic E-state index is 12.5. The van der Waals surface area contributed by atoms with Gasteiger partial charge in [-0.25, -0.2) is 0 Å². The molecule has 0 aromatic carbocycles. The summed E-state index contributed by atoms with van der Waals surface area (Å²) in [6.07, 6.45) is 6.98. The van der Waals surface area contributed by atoms with Gasteiger partial charge in [-0.3, -0.25) is 14.6 Å². The number of ether oxygens (including phenoxy) is 1. The first kappa shape index (κ1) is 13.9. The highest BCUT2D eigenvalue weighted by Gasteiger charge is 2.75. The van der Waals surface area contributed by atoms with Crippen molar-refractivity contribution in [2.45, 2.75) is 38.7 Å². The topological polar surface area (TPSA) is 56.3 Å². The molecule has 4 fully saturated rings. The van der Waals surface area contributed by atoms with Crippen molar-refractivity contribution in [3.8, 4) is 0 Å². The largest absolute Gasteiger partial charge is 0.462 e. The van der Waals surface area contributed by atoms with Gasteiger partial charge in [-0.1, -0.05) is 13.0 Å². The van der Waals surface area contributed by atoms with Crippen LogP contribution in [0.1, 0.15) is 31.7 Å². The molecule has 1 heterocycles. The number of aryl methyl sites for hydroxylation is 1. The first-order valence-corrected chi connectivity index (χ1v) is 8.33. The number of esters is 1. The molecular weight excluding hydrogens is 278 g/mol. The van der Waals surface area contributed by atoms with Gasteiger partial charge in [0.05, 0.1) is 5.92 Å². The summed E-state index contributed by atoms with van der Waals surface area (Å²) in [6.45, 7) is 2.04. The molecule has 0 aliphatic heterocycles. The van der Waals surface area contributed by atoms with Crippen LogP contribution in [0.4, 0.5) is 0 Å². The van der Waals surface area contributed by atoms with E-state index < -0.39 is 0 Å². The molecule has 22 heavy (non-hydrogen) atoms. The van der Waals surface area contributed by atoms with E-state index in [0.29, 0.717) is 17.6 Å². The lowest BCUT2D eigenvalue weighted by Gasteiger charge is -2.20. The Morgan fingerprint density at radius 2 is 2.36 bits per heavy atom. The number of ketones is 1. The van der Waals surface area contributed by atoms with Crippen molar-refractivity contribution in [1.82, 2.24) is 4.98 Å². The SMILES string of the molecule is CCC(CCc1cccnc1)OC(=O)C1C2CC3C(C2=O)C31. The number of aromatic nitrogens is 1. The van der Waals surface area contributed by atoms with Crippen LogP contribution in [0, 0.1) is 29.6 Å². The molecule has 5 rings (SSSR count). The van der Waals surface area contributed by atoms with Crippen LogP contribution >= 0.6 is 0 Å². The molecule has 6 atom stereocenters. The summed E-state index contributed by atoms with van der Waals surface area (Å²) in [5.74, 6) is 1.09. The van der Waals surface area contributed by atoms with Gasteiger partial charge in [-0.2, -0.15) is 0 Å². The van der Waals surface area contributed by atoms with Gasteiger partial charge in [0.15, 0.2) is 0 Å². The molecule has 0 spiro atoms. The normalized spacial score (nSPS) is 35.5. The molecule has 4 aliphatic carbocycles. The molecule has 6 unspecified atom stereocenters. The predicted octanol–water partition coefficient (Wildman–Crippen LogP) is 2.42. The quantitative estimate of drug-likeness (QED) is 0.757. The number of nitrogens with zero attached hydrogens (tertiary/aromatic N) is 1. The van der Waals surface area contributed by atoms with Gasteiger partial charge in [-0.15, -0.1) is 0 Å². The molecule has 4 nitrogen and oxygen atoms in total. The van der Waals surface area contributed by atoms with Crippen LogP contribution in [0.5, 0.6) is 0 Å². The minimum absolute atomic E-state index is 0.0247. The average molecular weight is 299 g/mol. The highest BCUT2D eigenvalue weighted by atomic mass is 16.5. The fourth-order valence-corrected chi connectivity index (χ4v) is 4.63. The van der Waals surface area contributed by atoms with Gasteiger partial charge in [-0.05, 0) is 49.1 Å².